The molecule has 1 aliphatic carbocycles. The molecule has 6 aromatic carbocycles. The highest BCUT2D eigenvalue weighted by Gasteiger charge is 2.68. The Balaban J connectivity index is 1.80. The highest BCUT2D eigenvalue weighted by Crippen LogP contribution is 2.78. The molecule has 0 saturated heterocycles. The molecular formula is C37H28P+. The van der Waals surface area contributed by atoms with E-state index in [1.807, 2.05) is 0 Å². The van der Waals surface area contributed by atoms with Gasteiger partial charge in [-0.3, -0.25) is 0 Å². The molecule has 0 N–H and O–H groups in total. The number of benzene rings is 6. The lowest BCUT2D eigenvalue weighted by atomic mass is 9.88. The van der Waals surface area contributed by atoms with E-state index in [-0.39, 0.29) is 0 Å². The summed E-state index contributed by atoms with van der Waals surface area (Å²) in [6.45, 7) is 0. The van der Waals surface area contributed by atoms with Crippen LogP contribution in [0.15, 0.2) is 170 Å². The first-order valence-electron chi connectivity index (χ1n) is 13.2. The summed E-state index contributed by atoms with van der Waals surface area (Å²) in [7, 11) is -2.42. The maximum atomic E-state index is 2.38. The fourth-order valence-corrected chi connectivity index (χ4v) is 12.3. The van der Waals surface area contributed by atoms with Crippen molar-refractivity contribution in [3.05, 3.63) is 187 Å². The Hall–Kier alpha value is -4.25. The second-order valence-electron chi connectivity index (χ2n) is 9.85. The third kappa shape index (κ3) is 3.08. The van der Waals surface area contributed by atoms with E-state index in [2.05, 4.69) is 170 Å². The molecule has 38 heavy (non-hydrogen) atoms. The van der Waals surface area contributed by atoms with Crippen molar-refractivity contribution in [2.75, 3.05) is 0 Å². The lowest BCUT2D eigenvalue weighted by molar-refractivity contribution is 0.909. The molecule has 0 heterocycles. The van der Waals surface area contributed by atoms with Gasteiger partial charge in [0.15, 0.2) is 5.16 Å². The molecule has 180 valence electrons. The Labute approximate surface area is 225 Å². The Morgan fingerprint density at radius 2 is 0.632 bits per heavy atom. The van der Waals surface area contributed by atoms with Crippen molar-refractivity contribution < 1.29 is 0 Å². The predicted octanol–water partition coefficient (Wildman–Crippen LogP) is 7.95. The molecular weight excluding hydrogens is 475 g/mol. The molecule has 6 aromatic rings. The Morgan fingerprint density at radius 1 is 0.316 bits per heavy atom. The van der Waals surface area contributed by atoms with E-state index in [0.717, 1.165) is 0 Å². The number of fused-ring (bicyclic) bond motifs is 3. The molecule has 0 radical (unpaired) electrons. The monoisotopic (exact) mass is 503 g/mol. The van der Waals surface area contributed by atoms with E-state index < -0.39 is 12.4 Å². The van der Waals surface area contributed by atoms with E-state index in [9.17, 15) is 0 Å². The van der Waals surface area contributed by atoms with Crippen molar-refractivity contribution >= 4 is 23.2 Å². The zero-order valence-electron chi connectivity index (χ0n) is 21.1. The molecule has 0 spiro atoms. The zero-order valence-corrected chi connectivity index (χ0v) is 22.0. The van der Waals surface area contributed by atoms with Crippen LogP contribution in [0.5, 0.6) is 0 Å². The van der Waals surface area contributed by atoms with Crippen LogP contribution in [-0.2, 0) is 5.16 Å². The summed E-state index contributed by atoms with van der Waals surface area (Å²) in [5.74, 6) is 0. The van der Waals surface area contributed by atoms with Gasteiger partial charge in [-0.2, -0.15) is 0 Å². The van der Waals surface area contributed by atoms with Crippen LogP contribution in [0.25, 0.3) is 11.1 Å². The SMILES string of the molecule is c1ccc(C2([P+](c3ccccc3)(c3ccccc3)c3ccccc3)c3ccccc3-c3ccccc32)cc1. The minimum Gasteiger partial charge on any atom is -0.0622 e. The van der Waals surface area contributed by atoms with E-state index in [0.29, 0.717) is 0 Å². The molecule has 1 heteroatoms. The molecule has 7 rings (SSSR count). The second-order valence-corrected chi connectivity index (χ2v) is 13.4. The van der Waals surface area contributed by atoms with Gasteiger partial charge in [0.1, 0.15) is 23.2 Å². The maximum absolute atomic E-state index is 2.42. The molecule has 0 unspecified atom stereocenters. The predicted molar refractivity (Wildman–Crippen MR) is 163 cm³/mol. The van der Waals surface area contributed by atoms with E-state index >= 15 is 0 Å². The molecule has 0 aliphatic heterocycles. The third-order valence-corrected chi connectivity index (χ3v) is 13.0. The molecule has 0 bridgehead atoms. The maximum Gasteiger partial charge on any atom is 0.169 e. The highest BCUT2D eigenvalue weighted by molar-refractivity contribution is 7.97. The minimum atomic E-state index is -2.42. The largest absolute Gasteiger partial charge is 0.169 e. The second kappa shape index (κ2) is 9.25. The van der Waals surface area contributed by atoms with Gasteiger partial charge in [-0.1, -0.05) is 133 Å². The summed E-state index contributed by atoms with van der Waals surface area (Å²) < 4.78 is 0. The van der Waals surface area contributed by atoms with Gasteiger partial charge in [-0.15, -0.1) is 0 Å². The quantitative estimate of drug-likeness (QED) is 0.209. The van der Waals surface area contributed by atoms with Crippen LogP contribution in [0.4, 0.5) is 0 Å². The van der Waals surface area contributed by atoms with Gasteiger partial charge in [0, 0.05) is 16.7 Å². The van der Waals surface area contributed by atoms with Gasteiger partial charge in [0.25, 0.3) is 0 Å². The van der Waals surface area contributed by atoms with Gasteiger partial charge in [0.05, 0.1) is 0 Å². The van der Waals surface area contributed by atoms with Crippen molar-refractivity contribution in [2.24, 2.45) is 0 Å². The first-order valence-corrected chi connectivity index (χ1v) is 15.0. The van der Waals surface area contributed by atoms with Crippen LogP contribution in [0, 0.1) is 0 Å². The molecule has 0 atom stereocenters. The third-order valence-electron chi connectivity index (χ3n) is 8.05. The van der Waals surface area contributed by atoms with Crippen molar-refractivity contribution in [3.63, 3.8) is 0 Å². The van der Waals surface area contributed by atoms with E-state index in [1.165, 1.54) is 43.7 Å². The molecule has 0 fully saturated rings. The molecule has 0 amide bonds. The molecule has 0 aromatic heterocycles. The molecule has 0 nitrogen and oxygen atoms in total. The van der Waals surface area contributed by atoms with Crippen LogP contribution >= 0.6 is 7.26 Å². The molecule has 0 saturated carbocycles. The van der Waals surface area contributed by atoms with Gasteiger partial charge in [-0.25, -0.2) is 0 Å². The lowest BCUT2D eigenvalue weighted by Crippen LogP contribution is -2.46. The van der Waals surface area contributed by atoms with E-state index in [1.54, 1.807) is 0 Å². The van der Waals surface area contributed by atoms with Gasteiger partial charge in [-0.05, 0) is 47.5 Å². The van der Waals surface area contributed by atoms with Crippen LogP contribution in [-0.4, -0.2) is 0 Å². The Kier molecular flexibility index (Phi) is 5.58. The van der Waals surface area contributed by atoms with Crippen molar-refractivity contribution in [2.45, 2.75) is 5.16 Å². The Morgan fingerprint density at radius 3 is 1.03 bits per heavy atom. The summed E-state index contributed by atoms with van der Waals surface area (Å²) in [5, 5.41) is 3.74. The van der Waals surface area contributed by atoms with Gasteiger partial charge >= 0.3 is 0 Å². The van der Waals surface area contributed by atoms with Crippen LogP contribution in [0.3, 0.4) is 0 Å². The topological polar surface area (TPSA) is 0 Å². The average molecular weight is 504 g/mol. The first kappa shape index (κ1) is 22.9. The van der Waals surface area contributed by atoms with E-state index in [4.69, 9.17) is 0 Å². The highest BCUT2D eigenvalue weighted by atomic mass is 31.2. The average Bonchev–Trinajstić information content (AvgIpc) is 3.31. The fourth-order valence-electron chi connectivity index (χ4n) is 6.74. The number of hydrogen-bond donors (Lipinski definition) is 0. The minimum absolute atomic E-state index is 0.411. The van der Waals surface area contributed by atoms with Gasteiger partial charge in [0.2, 0.25) is 0 Å². The van der Waals surface area contributed by atoms with Crippen LogP contribution < -0.4 is 15.9 Å². The first-order chi connectivity index (χ1) is 18.9. The van der Waals surface area contributed by atoms with Crippen molar-refractivity contribution in [3.8, 4) is 11.1 Å². The number of rotatable bonds is 5. The van der Waals surface area contributed by atoms with Crippen LogP contribution in [0.1, 0.15) is 16.7 Å². The molecule has 1 aliphatic rings. The zero-order chi connectivity index (χ0) is 25.4. The summed E-state index contributed by atoms with van der Waals surface area (Å²) in [6, 6.07) is 63.3. The summed E-state index contributed by atoms with van der Waals surface area (Å²) in [5.41, 5.74) is 6.77. The standard InChI is InChI=1S/C37H28P/c1-5-17-29(18-6-1)37(35-27-15-13-25-33(35)34-26-14-16-28-36(34)37)38(30-19-7-2-8-20-30,31-21-9-3-10-22-31)32-23-11-4-12-24-32/h1-28H/q+1. The summed E-state index contributed by atoms with van der Waals surface area (Å²) >= 11 is 0. The summed E-state index contributed by atoms with van der Waals surface area (Å²) in [4.78, 5) is 0. The smallest absolute Gasteiger partial charge is 0.0622 e. The normalized spacial score (nSPS) is 13.5. The summed E-state index contributed by atoms with van der Waals surface area (Å²) in [6.07, 6.45) is 0. The van der Waals surface area contributed by atoms with Crippen LogP contribution in [0.2, 0.25) is 0 Å². The Bertz CT molecular complexity index is 1480. The van der Waals surface area contributed by atoms with Crippen molar-refractivity contribution in [1.29, 1.82) is 0 Å². The number of hydrogen-bond acceptors (Lipinski definition) is 0. The fraction of sp³-hybridized carbons (Fsp3) is 0.0270. The van der Waals surface area contributed by atoms with Gasteiger partial charge < -0.3 is 0 Å². The lowest BCUT2D eigenvalue weighted by Gasteiger charge is -2.44. The van der Waals surface area contributed by atoms with Crippen molar-refractivity contribution in [1.82, 2.24) is 0 Å².